The van der Waals surface area contributed by atoms with Gasteiger partial charge in [0.1, 0.15) is 30.5 Å². The lowest BCUT2D eigenvalue weighted by Gasteiger charge is -2.39. The van der Waals surface area contributed by atoms with Crippen LogP contribution in [0, 0.1) is 0 Å². The van der Waals surface area contributed by atoms with E-state index in [-0.39, 0.29) is 19.2 Å². The van der Waals surface area contributed by atoms with Crippen LogP contribution in [0.5, 0.6) is 0 Å². The minimum atomic E-state index is -1.53. The summed E-state index contributed by atoms with van der Waals surface area (Å²) in [4.78, 5) is 12.8. The average Bonchev–Trinajstić information content (AvgIpc) is 3.27. The third kappa shape index (κ3) is 35.2. The van der Waals surface area contributed by atoms with Crippen molar-refractivity contribution >= 4 is 5.97 Å². The highest BCUT2D eigenvalue weighted by Crippen LogP contribution is 2.23. The van der Waals surface area contributed by atoms with Crippen molar-refractivity contribution in [1.82, 2.24) is 0 Å². The van der Waals surface area contributed by atoms with Crippen LogP contribution in [-0.4, -0.2) is 89.6 Å². The molecule has 0 bridgehead atoms. The highest BCUT2D eigenvalue weighted by atomic mass is 16.7. The predicted octanol–water partition coefficient (Wildman–Crippen LogP) is 13.2. The number of hydrogen-bond donors (Lipinski definition) is 4. The number of unbranched alkanes of at least 4 members (excludes halogenated alkanes) is 34. The minimum Gasteiger partial charge on any atom is -0.457 e. The molecular formula is C53H102O9. The molecule has 6 unspecified atom stereocenters. The number of hydrogen-bond acceptors (Lipinski definition) is 9. The van der Waals surface area contributed by atoms with E-state index in [1.54, 1.807) is 0 Å². The first-order valence-corrected chi connectivity index (χ1v) is 26.8. The van der Waals surface area contributed by atoms with Crippen LogP contribution in [0.15, 0.2) is 12.2 Å². The van der Waals surface area contributed by atoms with Gasteiger partial charge in [0.2, 0.25) is 0 Å². The van der Waals surface area contributed by atoms with Crippen LogP contribution in [0.3, 0.4) is 0 Å². The Bertz CT molecular complexity index is 961. The predicted molar refractivity (Wildman–Crippen MR) is 256 cm³/mol. The first-order valence-electron chi connectivity index (χ1n) is 26.8. The minimum absolute atomic E-state index is 0.107. The molecule has 0 spiro atoms. The second-order valence-electron chi connectivity index (χ2n) is 18.7. The van der Waals surface area contributed by atoms with Crippen molar-refractivity contribution in [1.29, 1.82) is 0 Å². The molecular weight excluding hydrogens is 781 g/mol. The number of rotatable bonds is 47. The summed E-state index contributed by atoms with van der Waals surface area (Å²) in [5.74, 6) is -0.308. The molecule has 1 heterocycles. The van der Waals surface area contributed by atoms with Gasteiger partial charge in [0.05, 0.1) is 19.8 Å². The van der Waals surface area contributed by atoms with Gasteiger partial charge in [-0.1, -0.05) is 225 Å². The summed E-state index contributed by atoms with van der Waals surface area (Å²) in [5.41, 5.74) is 0. The normalized spacial score (nSPS) is 19.7. The second kappa shape index (κ2) is 45.1. The molecule has 0 radical (unpaired) electrons. The molecule has 0 amide bonds. The van der Waals surface area contributed by atoms with Gasteiger partial charge in [0.15, 0.2) is 6.29 Å². The average molecular weight is 883 g/mol. The molecule has 1 aliphatic rings. The SMILES string of the molecule is CCCCCCCCCC/C=C\CCCCCCCCCCCCCC(=O)OC(COCCCCCCCCCCCCCCCCCC)COC1OC(CO)C(O)C(O)C1O. The van der Waals surface area contributed by atoms with E-state index in [1.807, 2.05) is 0 Å². The van der Waals surface area contributed by atoms with Crippen molar-refractivity contribution in [2.45, 2.75) is 295 Å². The van der Waals surface area contributed by atoms with Crippen molar-refractivity contribution < 1.29 is 44.2 Å². The molecule has 9 heteroatoms. The highest BCUT2D eigenvalue weighted by Gasteiger charge is 2.44. The maximum atomic E-state index is 12.8. The van der Waals surface area contributed by atoms with E-state index in [1.165, 1.54) is 205 Å². The van der Waals surface area contributed by atoms with E-state index >= 15 is 0 Å². The second-order valence-corrected chi connectivity index (χ2v) is 18.7. The Hall–Kier alpha value is -1.07. The Labute approximate surface area is 382 Å². The highest BCUT2D eigenvalue weighted by molar-refractivity contribution is 5.69. The Morgan fingerprint density at radius 2 is 0.887 bits per heavy atom. The number of esters is 1. The van der Waals surface area contributed by atoms with E-state index in [2.05, 4.69) is 26.0 Å². The molecule has 62 heavy (non-hydrogen) atoms. The lowest BCUT2D eigenvalue weighted by molar-refractivity contribution is -0.305. The summed E-state index contributed by atoms with van der Waals surface area (Å²) in [6, 6.07) is 0. The van der Waals surface area contributed by atoms with Gasteiger partial charge >= 0.3 is 5.97 Å². The van der Waals surface area contributed by atoms with Crippen molar-refractivity contribution in [3.63, 3.8) is 0 Å². The van der Waals surface area contributed by atoms with Crippen LogP contribution in [0.1, 0.15) is 258 Å². The molecule has 6 atom stereocenters. The molecule has 9 nitrogen and oxygen atoms in total. The first-order chi connectivity index (χ1) is 30.4. The Morgan fingerprint density at radius 3 is 1.31 bits per heavy atom. The van der Waals surface area contributed by atoms with Crippen LogP contribution in [0.4, 0.5) is 0 Å². The van der Waals surface area contributed by atoms with Crippen molar-refractivity contribution in [2.24, 2.45) is 0 Å². The zero-order chi connectivity index (χ0) is 45.0. The van der Waals surface area contributed by atoms with Gasteiger partial charge in [-0.05, 0) is 38.5 Å². The molecule has 0 aromatic rings. The van der Waals surface area contributed by atoms with E-state index < -0.39 is 43.4 Å². The molecule has 0 saturated carbocycles. The van der Waals surface area contributed by atoms with Gasteiger partial charge in [-0.2, -0.15) is 0 Å². The summed E-state index contributed by atoms with van der Waals surface area (Å²) in [5, 5.41) is 40.3. The van der Waals surface area contributed by atoms with Crippen molar-refractivity contribution in [3.05, 3.63) is 12.2 Å². The largest absolute Gasteiger partial charge is 0.457 e. The van der Waals surface area contributed by atoms with Crippen LogP contribution in [0.25, 0.3) is 0 Å². The number of aliphatic hydroxyl groups is 4. The van der Waals surface area contributed by atoms with Gasteiger partial charge in [-0.25, -0.2) is 0 Å². The van der Waals surface area contributed by atoms with Crippen LogP contribution < -0.4 is 0 Å². The van der Waals surface area contributed by atoms with Crippen LogP contribution in [-0.2, 0) is 23.7 Å². The van der Waals surface area contributed by atoms with E-state index in [0.29, 0.717) is 13.0 Å². The van der Waals surface area contributed by atoms with Gasteiger partial charge in [-0.15, -0.1) is 0 Å². The van der Waals surface area contributed by atoms with Gasteiger partial charge in [-0.3, -0.25) is 4.79 Å². The fourth-order valence-corrected chi connectivity index (χ4v) is 8.49. The zero-order valence-corrected chi connectivity index (χ0v) is 40.6. The summed E-state index contributed by atoms with van der Waals surface area (Å²) in [7, 11) is 0. The van der Waals surface area contributed by atoms with Crippen LogP contribution >= 0.6 is 0 Å². The molecule has 368 valence electrons. The van der Waals surface area contributed by atoms with E-state index in [4.69, 9.17) is 18.9 Å². The quantitative estimate of drug-likeness (QED) is 0.0268. The number of allylic oxidation sites excluding steroid dienone is 2. The molecule has 1 aliphatic heterocycles. The standard InChI is InChI=1S/C53H102O9/c1-3-5-7-9-11-13-15-17-19-21-22-23-24-25-26-27-28-30-32-34-36-38-40-42-49(55)61-47(46-60-53-52(58)51(57)50(56)48(44-54)62-53)45-59-43-41-39-37-35-33-31-29-20-18-16-14-12-10-8-6-4-2/h21-22,47-48,50-54,56-58H,3-20,23-46H2,1-2H3/b22-21-. The summed E-state index contributed by atoms with van der Waals surface area (Å²) in [6.07, 6.45) is 45.3. The number of carbonyl (C=O) groups excluding carboxylic acids is 1. The number of carbonyl (C=O) groups is 1. The Balaban J connectivity index is 2.16. The van der Waals surface area contributed by atoms with Gasteiger partial charge in [0.25, 0.3) is 0 Å². The fourth-order valence-electron chi connectivity index (χ4n) is 8.49. The molecule has 4 N–H and O–H groups in total. The maximum absolute atomic E-state index is 12.8. The lowest BCUT2D eigenvalue weighted by Crippen LogP contribution is -2.59. The fraction of sp³-hybridized carbons (Fsp3) is 0.943. The van der Waals surface area contributed by atoms with E-state index in [0.717, 1.165) is 32.1 Å². The smallest absolute Gasteiger partial charge is 0.306 e. The Morgan fingerprint density at radius 1 is 0.500 bits per heavy atom. The summed E-state index contributed by atoms with van der Waals surface area (Å²) < 4.78 is 22.9. The molecule has 0 aromatic heterocycles. The van der Waals surface area contributed by atoms with Crippen molar-refractivity contribution in [3.8, 4) is 0 Å². The van der Waals surface area contributed by atoms with Crippen LogP contribution in [0.2, 0.25) is 0 Å². The maximum Gasteiger partial charge on any atom is 0.306 e. The van der Waals surface area contributed by atoms with Gasteiger partial charge in [0, 0.05) is 13.0 Å². The third-order valence-electron chi connectivity index (χ3n) is 12.7. The summed E-state index contributed by atoms with van der Waals surface area (Å²) in [6.45, 7) is 4.62. The molecule has 1 saturated heterocycles. The van der Waals surface area contributed by atoms with Gasteiger partial charge < -0.3 is 39.4 Å². The first kappa shape index (κ1) is 58.9. The topological polar surface area (TPSA) is 135 Å². The monoisotopic (exact) mass is 883 g/mol. The van der Waals surface area contributed by atoms with E-state index in [9.17, 15) is 25.2 Å². The lowest BCUT2D eigenvalue weighted by atomic mass is 9.99. The molecule has 1 rings (SSSR count). The number of aliphatic hydroxyl groups excluding tert-OH is 4. The summed E-state index contributed by atoms with van der Waals surface area (Å²) >= 11 is 0. The molecule has 0 aromatic carbocycles. The third-order valence-corrected chi connectivity index (χ3v) is 12.7. The molecule has 0 aliphatic carbocycles. The Kier molecular flexibility index (Phi) is 42.9. The molecule has 1 fully saturated rings. The van der Waals surface area contributed by atoms with Crippen molar-refractivity contribution in [2.75, 3.05) is 26.4 Å². The number of ether oxygens (including phenoxy) is 4. The zero-order valence-electron chi connectivity index (χ0n) is 40.6.